The molecule has 1 unspecified atom stereocenters. The number of nitrogens with zero attached hydrogens (tertiary/aromatic N) is 2. The third-order valence-corrected chi connectivity index (χ3v) is 2.31. The molecule has 74 valence electrons. The first-order valence-corrected chi connectivity index (χ1v) is 4.54. The molecule has 0 saturated heterocycles. The molecule has 0 amide bonds. The molecule has 1 aliphatic rings. The molecule has 2 rings (SSSR count). The Bertz CT molecular complexity index is 358. The maximum Gasteiger partial charge on any atom is 0.124 e. The van der Waals surface area contributed by atoms with Gasteiger partial charge in [-0.25, -0.2) is 4.39 Å². The van der Waals surface area contributed by atoms with Crippen LogP contribution in [0.5, 0.6) is 0 Å². The summed E-state index contributed by atoms with van der Waals surface area (Å²) in [5.41, 5.74) is 6.54. The van der Waals surface area contributed by atoms with Crippen molar-refractivity contribution in [1.82, 2.24) is 0 Å². The molecule has 0 aliphatic carbocycles. The van der Waals surface area contributed by atoms with Crippen LogP contribution in [0.3, 0.4) is 0 Å². The van der Waals surface area contributed by atoms with Crippen LogP contribution in [0.1, 0.15) is 6.92 Å². The Balaban J connectivity index is 2.22. The zero-order valence-corrected chi connectivity index (χ0v) is 7.94. The zero-order valence-electron chi connectivity index (χ0n) is 7.94. The molecule has 0 aromatic heterocycles. The summed E-state index contributed by atoms with van der Waals surface area (Å²) in [5.74, 6) is 0.660. The van der Waals surface area contributed by atoms with Gasteiger partial charge in [-0.05, 0) is 24.3 Å². The van der Waals surface area contributed by atoms with Gasteiger partial charge in [0.15, 0.2) is 0 Å². The van der Waals surface area contributed by atoms with E-state index in [2.05, 4.69) is 5.10 Å². The lowest BCUT2D eigenvalue weighted by atomic mass is 10.2. The van der Waals surface area contributed by atoms with Crippen molar-refractivity contribution in [1.29, 1.82) is 0 Å². The summed E-state index contributed by atoms with van der Waals surface area (Å²) in [4.78, 5) is 0. The van der Waals surface area contributed by atoms with Gasteiger partial charge < -0.3 is 5.73 Å². The second-order valence-corrected chi connectivity index (χ2v) is 3.48. The van der Waals surface area contributed by atoms with Crippen LogP contribution >= 0.6 is 0 Å². The number of hydrogen-bond acceptors (Lipinski definition) is 3. The van der Waals surface area contributed by atoms with E-state index >= 15 is 0 Å². The predicted molar refractivity (Wildman–Crippen MR) is 54.5 cm³/mol. The molecule has 3 nitrogen and oxygen atoms in total. The normalized spacial score (nSPS) is 21.1. The molecule has 0 bridgehead atoms. The first kappa shape index (κ1) is 8.99. The van der Waals surface area contributed by atoms with Gasteiger partial charge in [0, 0.05) is 5.92 Å². The van der Waals surface area contributed by atoms with E-state index in [0.717, 1.165) is 12.2 Å². The molecule has 1 aliphatic heterocycles. The first-order valence-electron chi connectivity index (χ1n) is 4.54. The van der Waals surface area contributed by atoms with E-state index in [4.69, 9.17) is 5.73 Å². The molecule has 0 spiro atoms. The van der Waals surface area contributed by atoms with Crippen LogP contribution in [0, 0.1) is 11.7 Å². The fraction of sp³-hybridized carbons (Fsp3) is 0.300. The molecule has 0 fully saturated rings. The lowest BCUT2D eigenvalue weighted by Gasteiger charge is -2.13. The van der Waals surface area contributed by atoms with Crippen LogP contribution in [0.2, 0.25) is 0 Å². The molecule has 1 atom stereocenters. The third-order valence-electron chi connectivity index (χ3n) is 2.31. The number of benzene rings is 1. The van der Waals surface area contributed by atoms with Crippen LogP contribution in [-0.4, -0.2) is 12.4 Å². The number of anilines is 1. The van der Waals surface area contributed by atoms with Gasteiger partial charge in [-0.2, -0.15) is 5.10 Å². The first-order chi connectivity index (χ1) is 6.66. The van der Waals surface area contributed by atoms with E-state index in [-0.39, 0.29) is 11.7 Å². The maximum atomic E-state index is 12.6. The van der Waals surface area contributed by atoms with Crippen molar-refractivity contribution in [2.75, 3.05) is 11.6 Å². The van der Waals surface area contributed by atoms with Gasteiger partial charge in [-0.3, -0.25) is 5.01 Å². The quantitative estimate of drug-likeness (QED) is 0.735. The summed E-state index contributed by atoms with van der Waals surface area (Å²) < 4.78 is 12.6. The SMILES string of the molecule is CC1CN(c2ccc(F)cc2)N=C1N. The van der Waals surface area contributed by atoms with Gasteiger partial charge in [-0.15, -0.1) is 0 Å². The monoisotopic (exact) mass is 193 g/mol. The Morgan fingerprint density at radius 3 is 2.57 bits per heavy atom. The van der Waals surface area contributed by atoms with Gasteiger partial charge in [0.05, 0.1) is 12.2 Å². The number of amidine groups is 1. The molecule has 0 radical (unpaired) electrons. The smallest absolute Gasteiger partial charge is 0.124 e. The molecular weight excluding hydrogens is 181 g/mol. The van der Waals surface area contributed by atoms with E-state index in [1.165, 1.54) is 12.1 Å². The summed E-state index contributed by atoms with van der Waals surface area (Å²) in [6.07, 6.45) is 0. The number of hydrogen-bond donors (Lipinski definition) is 1. The highest BCUT2D eigenvalue weighted by atomic mass is 19.1. The van der Waals surface area contributed by atoms with Crippen LogP contribution in [0.4, 0.5) is 10.1 Å². The van der Waals surface area contributed by atoms with Crippen molar-refractivity contribution in [2.45, 2.75) is 6.92 Å². The minimum atomic E-state index is -0.238. The van der Waals surface area contributed by atoms with E-state index < -0.39 is 0 Å². The Labute approximate surface area is 82.0 Å². The fourth-order valence-corrected chi connectivity index (χ4v) is 1.41. The van der Waals surface area contributed by atoms with Crippen LogP contribution in [0.25, 0.3) is 0 Å². The minimum Gasteiger partial charge on any atom is -0.385 e. The van der Waals surface area contributed by atoms with E-state index in [1.54, 1.807) is 17.1 Å². The van der Waals surface area contributed by atoms with Crippen molar-refractivity contribution >= 4 is 11.5 Å². The highest BCUT2D eigenvalue weighted by Crippen LogP contribution is 2.20. The Hall–Kier alpha value is -1.58. The number of hydrazone groups is 1. The Morgan fingerprint density at radius 2 is 2.07 bits per heavy atom. The summed E-state index contributed by atoms with van der Waals surface area (Å²) in [6.45, 7) is 2.78. The van der Waals surface area contributed by atoms with Crippen LogP contribution in [0.15, 0.2) is 29.4 Å². The minimum absolute atomic E-state index is 0.238. The second kappa shape index (κ2) is 3.29. The highest BCUT2D eigenvalue weighted by molar-refractivity contribution is 5.86. The van der Waals surface area contributed by atoms with E-state index in [0.29, 0.717) is 5.84 Å². The summed E-state index contributed by atoms with van der Waals surface area (Å²) >= 11 is 0. The molecule has 0 saturated carbocycles. The molecule has 1 aromatic rings. The molecular formula is C10H12FN3. The number of nitrogens with two attached hydrogens (primary N) is 1. The average Bonchev–Trinajstić information content (AvgIpc) is 2.48. The van der Waals surface area contributed by atoms with Crippen molar-refractivity contribution < 1.29 is 4.39 Å². The third kappa shape index (κ3) is 1.55. The predicted octanol–water partition coefficient (Wildman–Crippen LogP) is 1.55. The summed E-state index contributed by atoms with van der Waals surface area (Å²) in [6, 6.07) is 6.24. The lowest BCUT2D eigenvalue weighted by Crippen LogP contribution is -2.20. The van der Waals surface area contributed by atoms with Crippen molar-refractivity contribution in [3.8, 4) is 0 Å². The highest BCUT2D eigenvalue weighted by Gasteiger charge is 2.20. The largest absolute Gasteiger partial charge is 0.385 e. The summed E-state index contributed by atoms with van der Waals surface area (Å²) in [7, 11) is 0. The topological polar surface area (TPSA) is 41.6 Å². The van der Waals surface area contributed by atoms with Crippen molar-refractivity contribution in [3.05, 3.63) is 30.1 Å². The standard InChI is InChI=1S/C10H12FN3/c1-7-6-14(13-10(7)12)9-4-2-8(11)3-5-9/h2-5,7H,6H2,1H3,(H2,12,13). The Morgan fingerprint density at radius 1 is 1.43 bits per heavy atom. The average molecular weight is 193 g/mol. The van der Waals surface area contributed by atoms with E-state index in [1.807, 2.05) is 6.92 Å². The van der Waals surface area contributed by atoms with Crippen molar-refractivity contribution in [2.24, 2.45) is 16.8 Å². The lowest BCUT2D eigenvalue weighted by molar-refractivity contribution is 0.627. The number of halogens is 1. The van der Waals surface area contributed by atoms with E-state index in [9.17, 15) is 4.39 Å². The molecule has 14 heavy (non-hydrogen) atoms. The Kier molecular flexibility index (Phi) is 2.11. The van der Waals surface area contributed by atoms with Gasteiger partial charge >= 0.3 is 0 Å². The van der Waals surface area contributed by atoms with Crippen LogP contribution in [-0.2, 0) is 0 Å². The van der Waals surface area contributed by atoms with Crippen LogP contribution < -0.4 is 10.7 Å². The zero-order chi connectivity index (χ0) is 10.1. The second-order valence-electron chi connectivity index (χ2n) is 3.48. The van der Waals surface area contributed by atoms with Gasteiger partial charge in [-0.1, -0.05) is 6.92 Å². The molecule has 1 aromatic carbocycles. The van der Waals surface area contributed by atoms with Crippen molar-refractivity contribution in [3.63, 3.8) is 0 Å². The fourth-order valence-electron chi connectivity index (χ4n) is 1.41. The number of rotatable bonds is 1. The van der Waals surface area contributed by atoms with Gasteiger partial charge in [0.1, 0.15) is 11.7 Å². The van der Waals surface area contributed by atoms with Gasteiger partial charge in [0.2, 0.25) is 0 Å². The molecule has 1 heterocycles. The molecule has 2 N–H and O–H groups in total. The molecule has 4 heteroatoms. The van der Waals surface area contributed by atoms with Gasteiger partial charge in [0.25, 0.3) is 0 Å². The maximum absolute atomic E-state index is 12.6. The summed E-state index contributed by atoms with van der Waals surface area (Å²) in [5, 5.41) is 5.97.